The summed E-state index contributed by atoms with van der Waals surface area (Å²) in [7, 11) is -1.37. The number of anilines is 2. The molecule has 2 aliphatic carbocycles. The van der Waals surface area contributed by atoms with E-state index in [0.717, 1.165) is 54.5 Å². The maximum Gasteiger partial charge on any atom is 0.488 e. The number of pyridine rings is 2. The van der Waals surface area contributed by atoms with Crippen molar-refractivity contribution in [1.29, 1.82) is 0 Å². The van der Waals surface area contributed by atoms with Crippen LogP contribution in [0.1, 0.15) is 145 Å². The lowest BCUT2D eigenvalue weighted by Gasteiger charge is -2.42. The minimum Gasteiger partial charge on any atom is -0.444 e. The summed E-state index contributed by atoms with van der Waals surface area (Å²) in [5.41, 5.74) is 8.09. The fourth-order valence-corrected chi connectivity index (χ4v) is 10.1. The third-order valence-corrected chi connectivity index (χ3v) is 14.7. The number of hydrogen-bond donors (Lipinski definition) is 2. The average Bonchev–Trinajstić information content (AvgIpc) is 3.29. The van der Waals surface area contributed by atoms with Gasteiger partial charge in [-0.05, 0) is 163 Å². The first-order valence-electron chi connectivity index (χ1n) is 25.2. The van der Waals surface area contributed by atoms with Crippen molar-refractivity contribution in [3.05, 3.63) is 99.7 Å². The molecule has 12 nitrogen and oxygen atoms in total. The molecule has 2 N–H and O–H groups in total. The Kier molecular flexibility index (Phi) is 16.6. The Labute approximate surface area is 427 Å². The van der Waals surface area contributed by atoms with Crippen molar-refractivity contribution in [2.24, 2.45) is 0 Å². The van der Waals surface area contributed by atoms with Crippen molar-refractivity contribution < 1.29 is 29.1 Å². The molecule has 4 heterocycles. The Bertz CT molecular complexity index is 2460. The maximum atomic E-state index is 12.4. The number of amides is 2. The van der Waals surface area contributed by atoms with E-state index >= 15 is 0 Å². The zero-order valence-corrected chi connectivity index (χ0v) is 46.2. The van der Waals surface area contributed by atoms with Gasteiger partial charge in [0.1, 0.15) is 27.4 Å². The number of carbonyl (C=O) groups is 2. The first-order valence-corrected chi connectivity index (χ1v) is 26.0. The topological polar surface area (TPSA) is 132 Å². The number of halogens is 1. The number of benzene rings is 2. The highest BCUT2D eigenvalue weighted by atomic mass is 79.9. The number of piperazine rings is 2. The number of hydrogen-bond acceptors (Lipinski definition) is 10. The van der Waals surface area contributed by atoms with Crippen LogP contribution in [-0.4, -0.2) is 113 Å². The predicted molar refractivity (Wildman–Crippen MR) is 288 cm³/mol. The van der Waals surface area contributed by atoms with Crippen molar-refractivity contribution in [1.82, 2.24) is 19.8 Å². The SMILES string of the molecule is CC(C)(C)OC(=O)N1CCN(c2cccc(-c3ccc4c(c3)C(C)(C)CCC4(C)C)n2)CC1.CC(C)(C)OC(=O)N1CCN(c2cccc(Br)n2)CC1.CC1(C)CCC(C)(C)c2cc(B(O)O)ccc21. The van der Waals surface area contributed by atoms with E-state index in [1.54, 1.807) is 9.80 Å². The molecule has 2 amide bonds. The lowest BCUT2D eigenvalue weighted by atomic mass is 9.61. The summed E-state index contributed by atoms with van der Waals surface area (Å²) in [5.74, 6) is 1.90. The van der Waals surface area contributed by atoms with Gasteiger partial charge in [-0.25, -0.2) is 19.6 Å². The number of nitrogens with zero attached hydrogens (tertiary/aromatic N) is 6. The summed E-state index contributed by atoms with van der Waals surface area (Å²) in [6, 6.07) is 24.9. The molecule has 14 heteroatoms. The van der Waals surface area contributed by atoms with E-state index in [1.165, 1.54) is 47.1 Å². The van der Waals surface area contributed by atoms with E-state index in [9.17, 15) is 19.6 Å². The first kappa shape index (κ1) is 54.7. The van der Waals surface area contributed by atoms with Gasteiger partial charge in [-0.2, -0.15) is 0 Å². The van der Waals surface area contributed by atoms with Gasteiger partial charge < -0.3 is 39.1 Å². The number of fused-ring (bicyclic) bond motifs is 2. The molecule has 4 aromatic rings. The summed E-state index contributed by atoms with van der Waals surface area (Å²) in [4.78, 5) is 41.8. The van der Waals surface area contributed by atoms with Gasteiger partial charge in [0.25, 0.3) is 0 Å². The van der Waals surface area contributed by atoms with Gasteiger partial charge in [-0.15, -0.1) is 0 Å². The van der Waals surface area contributed by atoms with Crippen molar-refractivity contribution in [2.75, 3.05) is 62.2 Å². The van der Waals surface area contributed by atoms with Gasteiger partial charge in [-0.1, -0.05) is 97.9 Å². The number of rotatable bonds is 4. The molecule has 4 aliphatic rings. The fourth-order valence-electron chi connectivity index (χ4n) is 9.74. The molecule has 2 fully saturated rings. The Balaban J connectivity index is 0.000000186. The molecule has 0 radical (unpaired) electrons. The molecule has 2 aromatic heterocycles. The predicted octanol–water partition coefficient (Wildman–Crippen LogP) is 10.8. The zero-order chi connectivity index (χ0) is 51.6. The number of ether oxygens (including phenoxy) is 2. The second kappa shape index (κ2) is 21.2. The molecule has 0 atom stereocenters. The Morgan fingerprint density at radius 2 is 0.943 bits per heavy atom. The highest BCUT2D eigenvalue weighted by Crippen LogP contribution is 2.47. The van der Waals surface area contributed by atoms with E-state index in [1.807, 2.05) is 71.9 Å². The number of carbonyl (C=O) groups excluding carboxylic acids is 2. The van der Waals surface area contributed by atoms with E-state index in [4.69, 9.17) is 14.5 Å². The molecule has 70 heavy (non-hydrogen) atoms. The molecule has 0 bridgehead atoms. The molecular weight excluding hydrogens is 943 g/mol. The molecular formula is C56H80BBrN6O6. The van der Waals surface area contributed by atoms with Crippen molar-refractivity contribution in [3.63, 3.8) is 0 Å². The minimum absolute atomic E-state index is 0.121. The van der Waals surface area contributed by atoms with E-state index in [0.29, 0.717) is 31.6 Å². The second-order valence-electron chi connectivity index (χ2n) is 24.1. The third kappa shape index (κ3) is 13.8. The monoisotopic (exact) mass is 1020 g/mol. The third-order valence-electron chi connectivity index (χ3n) is 14.3. The summed E-state index contributed by atoms with van der Waals surface area (Å²) >= 11 is 3.37. The molecule has 0 unspecified atom stereocenters. The largest absolute Gasteiger partial charge is 0.488 e. The lowest BCUT2D eigenvalue weighted by Crippen LogP contribution is -2.50. The Morgan fingerprint density at radius 1 is 0.543 bits per heavy atom. The highest BCUT2D eigenvalue weighted by molar-refractivity contribution is 9.10. The first-order chi connectivity index (χ1) is 32.4. The minimum atomic E-state index is -1.37. The van der Waals surface area contributed by atoms with E-state index < -0.39 is 18.3 Å². The van der Waals surface area contributed by atoms with Gasteiger partial charge in [-0.3, -0.25) is 0 Å². The van der Waals surface area contributed by atoms with Gasteiger partial charge in [0.05, 0.1) is 5.69 Å². The molecule has 8 rings (SSSR count). The summed E-state index contributed by atoms with van der Waals surface area (Å²) in [5, 5.41) is 18.6. The van der Waals surface area contributed by atoms with Crippen LogP contribution in [0, 0.1) is 0 Å². The average molecular weight is 1020 g/mol. The van der Waals surface area contributed by atoms with Gasteiger partial charge in [0, 0.05) is 57.9 Å². The van der Waals surface area contributed by atoms with Crippen LogP contribution in [0.4, 0.5) is 21.2 Å². The summed E-state index contributed by atoms with van der Waals surface area (Å²) in [6.07, 6.45) is 4.26. The van der Waals surface area contributed by atoms with Crippen LogP contribution >= 0.6 is 15.9 Å². The van der Waals surface area contributed by atoms with Gasteiger partial charge in [0.2, 0.25) is 0 Å². The second-order valence-corrected chi connectivity index (χ2v) is 24.9. The van der Waals surface area contributed by atoms with Crippen LogP contribution in [0.2, 0.25) is 0 Å². The van der Waals surface area contributed by atoms with E-state index in [2.05, 4.69) is 129 Å². The van der Waals surface area contributed by atoms with Crippen LogP contribution in [0.15, 0.2) is 77.4 Å². The lowest BCUT2D eigenvalue weighted by molar-refractivity contribution is 0.0230. The Morgan fingerprint density at radius 3 is 1.37 bits per heavy atom. The maximum absolute atomic E-state index is 12.4. The Hall–Kier alpha value is -4.66. The quantitative estimate of drug-likeness (QED) is 0.150. The van der Waals surface area contributed by atoms with Gasteiger partial charge in [0.15, 0.2) is 0 Å². The molecule has 2 saturated heterocycles. The molecule has 0 spiro atoms. The fraction of sp³-hybridized carbons (Fsp3) is 0.571. The van der Waals surface area contributed by atoms with Crippen molar-refractivity contribution >= 4 is 52.3 Å². The normalized spacial score (nSPS) is 19.0. The van der Waals surface area contributed by atoms with Crippen LogP contribution in [0.3, 0.4) is 0 Å². The smallest absolute Gasteiger partial charge is 0.444 e. The summed E-state index contributed by atoms with van der Waals surface area (Å²) in [6.45, 7) is 35.4. The molecule has 2 aromatic carbocycles. The van der Waals surface area contributed by atoms with Crippen LogP contribution < -0.4 is 15.3 Å². The van der Waals surface area contributed by atoms with Crippen molar-refractivity contribution in [2.45, 2.75) is 155 Å². The molecule has 2 aliphatic heterocycles. The molecule has 380 valence electrons. The van der Waals surface area contributed by atoms with E-state index in [-0.39, 0.29) is 33.8 Å². The molecule has 0 saturated carbocycles. The standard InChI is InChI=1S/C28H39N3O2.C14H21BO2.C14H20BrN3O2/c1-26(2,3)33-25(32)31-17-15-30(16-18-31)24-10-8-9-23(29-24)20-11-12-21-22(19-20)28(6,7)14-13-27(21,4)5;1-13(2)7-8-14(3,4)12-9-10(15(16)17)5-6-11(12)13;1-14(2,3)20-13(19)18-9-7-17(8-10-18)12-6-4-5-11(15)16-12/h8-12,19H,13-18H2,1-7H3;5-6,9,16-17H,7-8H2,1-4H3;4-6H,7-10H2,1-3H3. The number of aromatic nitrogens is 2. The summed E-state index contributed by atoms with van der Waals surface area (Å²) < 4.78 is 11.7. The highest BCUT2D eigenvalue weighted by Gasteiger charge is 2.39. The zero-order valence-electron chi connectivity index (χ0n) is 44.6. The van der Waals surface area contributed by atoms with Crippen molar-refractivity contribution in [3.8, 4) is 11.3 Å². The van der Waals surface area contributed by atoms with Crippen LogP contribution in [-0.2, 0) is 31.1 Å². The van der Waals surface area contributed by atoms with Crippen LogP contribution in [0.5, 0.6) is 0 Å². The van der Waals surface area contributed by atoms with Crippen LogP contribution in [0.25, 0.3) is 11.3 Å². The van der Waals surface area contributed by atoms with Gasteiger partial charge >= 0.3 is 19.3 Å².